The Morgan fingerprint density at radius 1 is 1.40 bits per heavy atom. The van der Waals surface area contributed by atoms with Gasteiger partial charge in [0.1, 0.15) is 0 Å². The second kappa shape index (κ2) is 5.78. The van der Waals surface area contributed by atoms with Crippen molar-refractivity contribution in [2.75, 3.05) is 6.61 Å². The smallest absolute Gasteiger partial charge is 0.400 e. The first-order chi connectivity index (χ1) is 9.61. The van der Waals surface area contributed by atoms with E-state index in [4.69, 9.17) is 9.68 Å². The van der Waals surface area contributed by atoms with Crippen LogP contribution in [0, 0.1) is 10.1 Å². The summed E-state index contributed by atoms with van der Waals surface area (Å²) in [4.78, 5) is 31.0. The molecule has 0 amide bonds. The van der Waals surface area contributed by atoms with Gasteiger partial charge in [0, 0.05) is 17.7 Å². The van der Waals surface area contributed by atoms with E-state index < -0.39 is 16.8 Å². The predicted octanol–water partition coefficient (Wildman–Crippen LogP) is 1.18. The van der Waals surface area contributed by atoms with Crippen molar-refractivity contribution < 1.29 is 24.1 Å². The number of carbonyl (C=O) groups is 1. The molecule has 104 valence electrons. The Balaban J connectivity index is 2.12. The Morgan fingerprint density at radius 2 is 2.20 bits per heavy atom. The molecule has 0 saturated carbocycles. The van der Waals surface area contributed by atoms with Gasteiger partial charge in [-0.3, -0.25) is 10.1 Å². The lowest BCUT2D eigenvalue weighted by molar-refractivity contribution is -0.384. The number of carbonyl (C=O) groups excluding carboxylic acids is 1. The van der Waals surface area contributed by atoms with Gasteiger partial charge < -0.3 is 14.4 Å². The van der Waals surface area contributed by atoms with Gasteiger partial charge >= 0.3 is 11.9 Å². The van der Waals surface area contributed by atoms with Crippen molar-refractivity contribution in [2.45, 2.75) is 6.92 Å². The average Bonchev–Trinajstić information content (AvgIpc) is 2.48. The summed E-state index contributed by atoms with van der Waals surface area (Å²) in [5.41, 5.74) is 0.167. The van der Waals surface area contributed by atoms with E-state index in [1.807, 2.05) is 0 Å². The average molecular weight is 279 g/mol. The topological polar surface area (TPSA) is 113 Å². The molecule has 0 aliphatic carbocycles. The van der Waals surface area contributed by atoms with Gasteiger partial charge in [0.2, 0.25) is 0 Å². The maximum atomic E-state index is 11.3. The number of rotatable bonds is 4. The number of nitro benzene ring substituents is 1. The van der Waals surface area contributed by atoms with Crippen LogP contribution in [0.1, 0.15) is 12.5 Å². The van der Waals surface area contributed by atoms with Crippen LogP contribution in [0.25, 0.3) is 0 Å². The van der Waals surface area contributed by atoms with Crippen LogP contribution < -0.4 is 0 Å². The molecule has 1 heterocycles. The fourth-order valence-electron chi connectivity index (χ4n) is 1.33. The molecule has 9 heteroatoms. The quantitative estimate of drug-likeness (QED) is 0.464. The van der Waals surface area contributed by atoms with Gasteiger partial charge in [0.25, 0.3) is 11.6 Å². The van der Waals surface area contributed by atoms with E-state index in [0.29, 0.717) is 5.56 Å². The van der Waals surface area contributed by atoms with Crippen molar-refractivity contribution in [1.82, 2.24) is 0 Å². The molecule has 1 aliphatic heterocycles. The summed E-state index contributed by atoms with van der Waals surface area (Å²) in [6, 6.07) is 5.55. The Kier molecular flexibility index (Phi) is 3.89. The van der Waals surface area contributed by atoms with Crippen molar-refractivity contribution in [3.05, 3.63) is 39.9 Å². The molecule has 0 atom stereocenters. The van der Waals surface area contributed by atoms with Gasteiger partial charge in [-0.1, -0.05) is 6.07 Å². The number of benzene rings is 1. The first-order valence-corrected chi connectivity index (χ1v) is 5.53. The van der Waals surface area contributed by atoms with Crippen molar-refractivity contribution in [1.29, 1.82) is 0 Å². The van der Waals surface area contributed by atoms with E-state index >= 15 is 0 Å². The summed E-state index contributed by atoms with van der Waals surface area (Å²) in [6.45, 7) is 1.78. The predicted molar refractivity (Wildman–Crippen MR) is 65.9 cm³/mol. The Hall–Kier alpha value is -2.97. The van der Waals surface area contributed by atoms with Crippen molar-refractivity contribution >= 4 is 23.5 Å². The van der Waals surface area contributed by atoms with E-state index in [1.165, 1.54) is 24.3 Å². The van der Waals surface area contributed by atoms with Gasteiger partial charge in [-0.25, -0.2) is 4.79 Å². The first-order valence-electron chi connectivity index (χ1n) is 5.53. The maximum Gasteiger partial charge on any atom is 0.400 e. The SMILES string of the molecule is CCOC(=O)C1=NOC(c2cccc([N+](=O)[O-])c2)=NO1. The molecule has 0 radical (unpaired) electrons. The second-order valence-corrected chi connectivity index (χ2v) is 3.50. The molecule has 2 rings (SSSR count). The van der Waals surface area contributed by atoms with Crippen LogP contribution >= 0.6 is 0 Å². The number of esters is 1. The van der Waals surface area contributed by atoms with Crippen LogP contribution in [0.15, 0.2) is 34.6 Å². The third kappa shape index (κ3) is 2.88. The van der Waals surface area contributed by atoms with Crippen molar-refractivity contribution in [3.8, 4) is 0 Å². The largest absolute Gasteiger partial charge is 0.459 e. The maximum absolute atomic E-state index is 11.3. The highest BCUT2D eigenvalue weighted by Crippen LogP contribution is 2.16. The monoisotopic (exact) mass is 279 g/mol. The zero-order valence-corrected chi connectivity index (χ0v) is 10.3. The van der Waals surface area contributed by atoms with E-state index in [-0.39, 0.29) is 18.2 Å². The molecule has 0 spiro atoms. The van der Waals surface area contributed by atoms with Gasteiger partial charge in [-0.05, 0) is 23.3 Å². The van der Waals surface area contributed by atoms with Crippen LogP contribution in [-0.2, 0) is 19.2 Å². The van der Waals surface area contributed by atoms with E-state index in [2.05, 4.69) is 15.0 Å². The molecule has 9 nitrogen and oxygen atoms in total. The molecule has 0 unspecified atom stereocenters. The van der Waals surface area contributed by atoms with Gasteiger partial charge in [-0.15, -0.1) is 0 Å². The Bertz CT molecular complexity index is 610. The summed E-state index contributed by atoms with van der Waals surface area (Å²) >= 11 is 0. The molecule has 0 bridgehead atoms. The van der Waals surface area contributed by atoms with Crippen LogP contribution in [-0.4, -0.2) is 29.3 Å². The number of non-ortho nitro benzene ring substituents is 1. The molecule has 1 aromatic rings. The molecule has 0 aromatic heterocycles. The third-order valence-electron chi connectivity index (χ3n) is 2.18. The van der Waals surface area contributed by atoms with Crippen molar-refractivity contribution in [2.24, 2.45) is 10.3 Å². The summed E-state index contributed by atoms with van der Waals surface area (Å²) in [5.74, 6) is -1.35. The molecule has 0 saturated heterocycles. The highest BCUT2D eigenvalue weighted by atomic mass is 16.7. The number of hydrogen-bond acceptors (Lipinski definition) is 8. The molecule has 20 heavy (non-hydrogen) atoms. The van der Waals surface area contributed by atoms with E-state index in [9.17, 15) is 14.9 Å². The minimum Gasteiger partial charge on any atom is -0.459 e. The van der Waals surface area contributed by atoms with Crippen LogP contribution in [0.3, 0.4) is 0 Å². The molecule has 1 aliphatic rings. The number of nitrogens with zero attached hydrogens (tertiary/aromatic N) is 3. The van der Waals surface area contributed by atoms with Crippen LogP contribution in [0.5, 0.6) is 0 Å². The molecular formula is C11H9N3O6. The minimum absolute atomic E-state index is 0.0956. The van der Waals surface area contributed by atoms with Gasteiger partial charge in [0.15, 0.2) is 0 Å². The highest BCUT2D eigenvalue weighted by molar-refractivity contribution is 6.32. The zero-order valence-electron chi connectivity index (χ0n) is 10.3. The Labute approximate surface area is 112 Å². The summed E-state index contributed by atoms with van der Waals surface area (Å²) < 4.78 is 4.64. The number of ether oxygens (including phenoxy) is 1. The summed E-state index contributed by atoms with van der Waals surface area (Å²) in [7, 11) is 0. The number of oxime groups is 2. The minimum atomic E-state index is -0.811. The van der Waals surface area contributed by atoms with E-state index in [0.717, 1.165) is 0 Å². The lowest BCUT2D eigenvalue weighted by atomic mass is 10.2. The number of hydrogen-bond donors (Lipinski definition) is 0. The number of nitro groups is 1. The highest BCUT2D eigenvalue weighted by Gasteiger charge is 2.23. The van der Waals surface area contributed by atoms with Gasteiger partial charge in [0.05, 0.1) is 11.5 Å². The fraction of sp³-hybridized carbons (Fsp3) is 0.182. The normalized spacial score (nSPS) is 13.4. The Morgan fingerprint density at radius 3 is 2.80 bits per heavy atom. The lowest BCUT2D eigenvalue weighted by Gasteiger charge is -2.10. The zero-order chi connectivity index (χ0) is 14.5. The summed E-state index contributed by atoms with van der Waals surface area (Å²) in [5, 5.41) is 17.6. The molecular weight excluding hydrogens is 270 g/mol. The first kappa shape index (κ1) is 13.5. The molecule has 1 aromatic carbocycles. The second-order valence-electron chi connectivity index (χ2n) is 3.50. The summed E-state index contributed by atoms with van der Waals surface area (Å²) in [6.07, 6.45) is 0. The molecule has 0 fully saturated rings. The third-order valence-corrected chi connectivity index (χ3v) is 2.18. The van der Waals surface area contributed by atoms with Gasteiger partial charge in [-0.2, -0.15) is 0 Å². The van der Waals surface area contributed by atoms with Crippen LogP contribution in [0.2, 0.25) is 0 Å². The van der Waals surface area contributed by atoms with Crippen LogP contribution in [0.4, 0.5) is 5.69 Å². The molecule has 0 N–H and O–H groups in total. The van der Waals surface area contributed by atoms with Crippen molar-refractivity contribution in [3.63, 3.8) is 0 Å². The van der Waals surface area contributed by atoms with E-state index in [1.54, 1.807) is 6.92 Å². The fourth-order valence-corrected chi connectivity index (χ4v) is 1.33. The lowest BCUT2D eigenvalue weighted by Crippen LogP contribution is -2.24. The standard InChI is InChI=1S/C11H9N3O6/c1-2-18-11(15)10-13-19-9(12-20-10)7-4-3-5-8(6-7)14(16)17/h3-6H,2H2,1H3.